The lowest BCUT2D eigenvalue weighted by Gasteiger charge is -2.23. The van der Waals surface area contributed by atoms with E-state index in [1.807, 2.05) is 0 Å². The molecule has 0 aliphatic carbocycles. The first-order chi connectivity index (χ1) is 12.0. The number of carbonyl (C=O) groups is 1. The summed E-state index contributed by atoms with van der Waals surface area (Å²) in [5.74, 6) is -4.17. The summed E-state index contributed by atoms with van der Waals surface area (Å²) in [7, 11) is -4.61. The van der Waals surface area contributed by atoms with E-state index in [4.69, 9.17) is 5.11 Å². The third-order valence-corrected chi connectivity index (χ3v) is 5.34. The van der Waals surface area contributed by atoms with Crippen molar-refractivity contribution in [1.29, 1.82) is 0 Å². The Morgan fingerprint density at radius 3 is 2.38 bits per heavy atom. The van der Waals surface area contributed by atoms with E-state index >= 15 is 0 Å². The first-order valence-electron chi connectivity index (χ1n) is 6.98. The number of sulfonamides is 1. The number of nitrogens with zero attached hydrogens (tertiary/aromatic N) is 2. The Morgan fingerprint density at radius 2 is 1.85 bits per heavy atom. The number of carboxylic acid groups (broad SMARTS) is 1. The van der Waals surface area contributed by atoms with Crippen LogP contribution in [0, 0.1) is 28.7 Å². The van der Waals surface area contributed by atoms with Gasteiger partial charge in [0.05, 0.1) is 15.5 Å². The zero-order valence-electron chi connectivity index (χ0n) is 13.2. The standard InChI is InChI=1S/C15H12F2N2O6S/c1-9-2-3-11(19(22)23)7-14(9)26(24,25)18(8-15(20)21)10-4-5-12(16)13(17)6-10/h2-7H,8H2,1H3,(H,20,21). The average molecular weight is 386 g/mol. The van der Waals surface area contributed by atoms with Crippen LogP contribution in [0.3, 0.4) is 0 Å². The topological polar surface area (TPSA) is 118 Å². The van der Waals surface area contributed by atoms with Gasteiger partial charge in [-0.25, -0.2) is 17.2 Å². The second-order valence-electron chi connectivity index (χ2n) is 5.21. The molecule has 0 saturated carbocycles. The van der Waals surface area contributed by atoms with Crippen molar-refractivity contribution in [3.63, 3.8) is 0 Å². The SMILES string of the molecule is Cc1ccc([N+](=O)[O-])cc1S(=O)(=O)N(CC(=O)O)c1ccc(F)c(F)c1. The summed E-state index contributed by atoms with van der Waals surface area (Å²) in [5, 5.41) is 19.9. The fourth-order valence-electron chi connectivity index (χ4n) is 2.18. The molecule has 26 heavy (non-hydrogen) atoms. The molecule has 8 nitrogen and oxygen atoms in total. The van der Waals surface area contributed by atoms with Gasteiger partial charge in [-0.3, -0.25) is 19.2 Å². The van der Waals surface area contributed by atoms with Gasteiger partial charge in [-0.05, 0) is 24.6 Å². The Kier molecular flexibility index (Phi) is 5.21. The molecule has 2 aromatic rings. The van der Waals surface area contributed by atoms with Gasteiger partial charge >= 0.3 is 5.97 Å². The molecule has 2 rings (SSSR count). The van der Waals surface area contributed by atoms with Gasteiger partial charge < -0.3 is 5.11 Å². The fraction of sp³-hybridized carbons (Fsp3) is 0.133. The van der Waals surface area contributed by atoms with Crippen molar-refractivity contribution in [2.24, 2.45) is 0 Å². The van der Waals surface area contributed by atoms with Gasteiger partial charge in [0.2, 0.25) is 0 Å². The van der Waals surface area contributed by atoms with E-state index in [0.29, 0.717) is 16.4 Å². The number of rotatable bonds is 6. The van der Waals surface area contributed by atoms with Crippen molar-refractivity contribution in [3.8, 4) is 0 Å². The van der Waals surface area contributed by atoms with Crippen molar-refractivity contribution in [1.82, 2.24) is 0 Å². The van der Waals surface area contributed by atoms with E-state index in [2.05, 4.69) is 0 Å². The van der Waals surface area contributed by atoms with E-state index < -0.39 is 55.4 Å². The van der Waals surface area contributed by atoms with E-state index in [1.165, 1.54) is 13.0 Å². The van der Waals surface area contributed by atoms with Gasteiger partial charge in [-0.1, -0.05) is 6.07 Å². The number of hydrogen-bond acceptors (Lipinski definition) is 5. The highest BCUT2D eigenvalue weighted by molar-refractivity contribution is 7.93. The van der Waals surface area contributed by atoms with Gasteiger partial charge in [-0.15, -0.1) is 0 Å². The van der Waals surface area contributed by atoms with Crippen LogP contribution < -0.4 is 4.31 Å². The molecular formula is C15H12F2N2O6S. The number of non-ortho nitro benzene ring substituents is 1. The van der Waals surface area contributed by atoms with Gasteiger partial charge in [0.25, 0.3) is 15.7 Å². The third-order valence-electron chi connectivity index (χ3n) is 3.42. The number of hydrogen-bond donors (Lipinski definition) is 1. The maximum absolute atomic E-state index is 13.5. The number of halogens is 2. The quantitative estimate of drug-likeness (QED) is 0.602. The number of benzene rings is 2. The predicted molar refractivity (Wildman–Crippen MR) is 86.4 cm³/mol. The summed E-state index contributed by atoms with van der Waals surface area (Å²) in [6.07, 6.45) is 0. The average Bonchev–Trinajstić information content (AvgIpc) is 2.55. The van der Waals surface area contributed by atoms with Crippen LogP contribution in [0.5, 0.6) is 0 Å². The fourth-order valence-corrected chi connectivity index (χ4v) is 3.83. The molecule has 0 fully saturated rings. The van der Waals surface area contributed by atoms with Crippen molar-refractivity contribution in [3.05, 3.63) is 63.7 Å². The Bertz CT molecular complexity index is 994. The summed E-state index contributed by atoms with van der Waals surface area (Å²) in [6, 6.07) is 5.13. The van der Waals surface area contributed by atoms with Crippen LogP contribution in [0.2, 0.25) is 0 Å². The molecule has 0 unspecified atom stereocenters. The zero-order valence-corrected chi connectivity index (χ0v) is 14.0. The van der Waals surface area contributed by atoms with Crippen LogP contribution in [0.25, 0.3) is 0 Å². The molecule has 0 bridgehead atoms. The Labute approximate surface area is 146 Å². The lowest BCUT2D eigenvalue weighted by molar-refractivity contribution is -0.385. The number of nitro benzene ring substituents is 1. The monoisotopic (exact) mass is 386 g/mol. The van der Waals surface area contributed by atoms with Crippen molar-refractivity contribution in [2.75, 3.05) is 10.8 Å². The van der Waals surface area contributed by atoms with Gasteiger partial charge in [0.15, 0.2) is 11.6 Å². The second kappa shape index (κ2) is 7.04. The predicted octanol–water partition coefficient (Wildman–Crippen LogP) is 2.46. The van der Waals surface area contributed by atoms with Crippen molar-refractivity contribution in [2.45, 2.75) is 11.8 Å². The van der Waals surface area contributed by atoms with Gasteiger partial charge in [0, 0.05) is 18.2 Å². The molecule has 0 atom stereocenters. The number of carboxylic acids is 1. The minimum Gasteiger partial charge on any atom is -0.480 e. The lowest BCUT2D eigenvalue weighted by atomic mass is 10.2. The molecule has 0 heterocycles. The molecule has 138 valence electrons. The lowest BCUT2D eigenvalue weighted by Crippen LogP contribution is -2.36. The minimum atomic E-state index is -4.61. The van der Waals surface area contributed by atoms with E-state index in [9.17, 15) is 32.1 Å². The molecular weight excluding hydrogens is 374 g/mol. The molecule has 0 amide bonds. The van der Waals surface area contributed by atoms with Crippen LogP contribution in [0.4, 0.5) is 20.2 Å². The summed E-state index contributed by atoms with van der Waals surface area (Å²) >= 11 is 0. The number of aliphatic carboxylic acids is 1. The van der Waals surface area contributed by atoms with E-state index in [1.54, 1.807) is 0 Å². The smallest absolute Gasteiger partial charge is 0.324 e. The number of anilines is 1. The van der Waals surface area contributed by atoms with Crippen LogP contribution in [-0.2, 0) is 14.8 Å². The molecule has 11 heteroatoms. The first-order valence-corrected chi connectivity index (χ1v) is 8.42. The van der Waals surface area contributed by atoms with Crippen molar-refractivity contribution >= 4 is 27.4 Å². The zero-order chi connectivity index (χ0) is 19.6. The molecule has 1 N–H and O–H groups in total. The first kappa shape index (κ1) is 19.2. The summed E-state index contributed by atoms with van der Waals surface area (Å²) in [6.45, 7) is 0.274. The van der Waals surface area contributed by atoms with Crippen LogP contribution in [0.15, 0.2) is 41.3 Å². The number of nitro groups is 1. The molecule has 0 saturated heterocycles. The molecule has 0 aliphatic heterocycles. The largest absolute Gasteiger partial charge is 0.480 e. The summed E-state index contributed by atoms with van der Waals surface area (Å²) < 4.78 is 52.7. The number of aryl methyl sites for hydroxylation is 1. The maximum atomic E-state index is 13.5. The third kappa shape index (κ3) is 3.77. The maximum Gasteiger partial charge on any atom is 0.324 e. The molecule has 0 spiro atoms. The van der Waals surface area contributed by atoms with Crippen molar-refractivity contribution < 1.29 is 32.0 Å². The van der Waals surface area contributed by atoms with E-state index in [0.717, 1.165) is 18.2 Å². The summed E-state index contributed by atoms with van der Waals surface area (Å²) in [5.41, 5.74) is -0.833. The second-order valence-corrected chi connectivity index (χ2v) is 7.04. The molecule has 2 aromatic carbocycles. The van der Waals surface area contributed by atoms with Crippen LogP contribution >= 0.6 is 0 Å². The Morgan fingerprint density at radius 1 is 1.19 bits per heavy atom. The molecule has 0 aliphatic rings. The highest BCUT2D eigenvalue weighted by atomic mass is 32.2. The molecule has 0 aromatic heterocycles. The highest BCUT2D eigenvalue weighted by Gasteiger charge is 2.30. The van der Waals surface area contributed by atoms with Gasteiger partial charge in [-0.2, -0.15) is 0 Å². The summed E-state index contributed by atoms with van der Waals surface area (Å²) in [4.78, 5) is 20.7. The minimum absolute atomic E-state index is 0.119. The van der Waals surface area contributed by atoms with Crippen LogP contribution in [0.1, 0.15) is 5.56 Å². The Hall–Kier alpha value is -3.08. The Balaban J connectivity index is 2.67. The van der Waals surface area contributed by atoms with E-state index in [-0.39, 0.29) is 5.56 Å². The normalized spacial score (nSPS) is 11.2. The highest BCUT2D eigenvalue weighted by Crippen LogP contribution is 2.29. The van der Waals surface area contributed by atoms with Gasteiger partial charge in [0.1, 0.15) is 6.54 Å². The van der Waals surface area contributed by atoms with Crippen LogP contribution in [-0.4, -0.2) is 31.0 Å². The molecule has 0 radical (unpaired) electrons.